The third-order valence-electron chi connectivity index (χ3n) is 2.26. The van der Waals surface area contributed by atoms with Crippen LogP contribution in [-0.2, 0) is 15.2 Å². The highest BCUT2D eigenvalue weighted by Crippen LogP contribution is 2.22. The van der Waals surface area contributed by atoms with Crippen molar-refractivity contribution in [3.05, 3.63) is 29.3 Å². The molecular weight excluding hydrogens is 238 g/mol. The first-order valence-corrected chi connectivity index (χ1v) is 6.38. The van der Waals surface area contributed by atoms with Crippen LogP contribution in [0.5, 0.6) is 0 Å². The number of ether oxygens (including phenoxy) is 2. The third-order valence-corrected chi connectivity index (χ3v) is 3.23. The smallest absolute Gasteiger partial charge is 0.340 e. The molecule has 0 saturated carbocycles. The Labute approximate surface area is 105 Å². The van der Waals surface area contributed by atoms with Crippen molar-refractivity contribution in [3.63, 3.8) is 0 Å². The van der Waals surface area contributed by atoms with Gasteiger partial charge in [0, 0.05) is 24.3 Å². The third kappa shape index (κ3) is 3.94. The highest BCUT2D eigenvalue weighted by Gasteiger charge is 2.14. The van der Waals surface area contributed by atoms with Crippen molar-refractivity contribution >= 4 is 23.4 Å². The van der Waals surface area contributed by atoms with Gasteiger partial charge in [0.25, 0.3) is 0 Å². The van der Waals surface area contributed by atoms with Crippen molar-refractivity contribution in [2.45, 2.75) is 5.75 Å². The Hall–Kier alpha value is -1.20. The van der Waals surface area contributed by atoms with E-state index in [4.69, 9.17) is 15.2 Å². The van der Waals surface area contributed by atoms with E-state index in [0.29, 0.717) is 17.9 Å². The van der Waals surface area contributed by atoms with E-state index in [2.05, 4.69) is 0 Å². The normalized spacial score (nSPS) is 10.2. The van der Waals surface area contributed by atoms with Crippen molar-refractivity contribution in [1.82, 2.24) is 0 Å². The topological polar surface area (TPSA) is 61.5 Å². The lowest BCUT2D eigenvalue weighted by molar-refractivity contribution is 0.0601. The molecule has 0 fully saturated rings. The first-order valence-electron chi connectivity index (χ1n) is 5.23. The molecule has 0 radical (unpaired) electrons. The summed E-state index contributed by atoms with van der Waals surface area (Å²) in [7, 11) is 3.03. The fourth-order valence-corrected chi connectivity index (χ4v) is 2.31. The minimum Gasteiger partial charge on any atom is -0.465 e. The SMILES string of the molecule is COCCSCc1cccc(N)c1C(=O)OC. The Balaban J connectivity index is 2.76. The Morgan fingerprint density at radius 1 is 1.41 bits per heavy atom. The summed E-state index contributed by atoms with van der Waals surface area (Å²) in [6, 6.07) is 5.44. The number of hydrogen-bond donors (Lipinski definition) is 1. The molecule has 1 rings (SSSR count). The van der Waals surface area contributed by atoms with Crippen molar-refractivity contribution in [3.8, 4) is 0 Å². The van der Waals surface area contributed by atoms with Crippen LogP contribution >= 0.6 is 11.8 Å². The predicted molar refractivity (Wildman–Crippen MR) is 70.2 cm³/mol. The summed E-state index contributed by atoms with van der Waals surface area (Å²) in [6.07, 6.45) is 0. The molecule has 0 spiro atoms. The highest BCUT2D eigenvalue weighted by molar-refractivity contribution is 7.98. The maximum Gasteiger partial charge on any atom is 0.340 e. The summed E-state index contributed by atoms with van der Waals surface area (Å²) in [5.41, 5.74) is 7.63. The van der Waals surface area contributed by atoms with E-state index in [-0.39, 0.29) is 5.97 Å². The molecule has 0 aliphatic rings. The van der Waals surface area contributed by atoms with Gasteiger partial charge in [-0.2, -0.15) is 11.8 Å². The van der Waals surface area contributed by atoms with Gasteiger partial charge in [-0.05, 0) is 11.6 Å². The van der Waals surface area contributed by atoms with E-state index in [1.165, 1.54) is 7.11 Å². The van der Waals surface area contributed by atoms with Gasteiger partial charge in [-0.15, -0.1) is 0 Å². The van der Waals surface area contributed by atoms with Crippen molar-refractivity contribution < 1.29 is 14.3 Å². The van der Waals surface area contributed by atoms with Gasteiger partial charge in [0.15, 0.2) is 0 Å². The number of methoxy groups -OCH3 is 2. The zero-order valence-corrected chi connectivity index (χ0v) is 10.9. The van der Waals surface area contributed by atoms with Gasteiger partial charge in [-0.3, -0.25) is 0 Å². The van der Waals surface area contributed by atoms with Gasteiger partial charge in [-0.25, -0.2) is 4.79 Å². The zero-order chi connectivity index (χ0) is 12.7. The molecule has 5 heteroatoms. The molecule has 1 aromatic carbocycles. The molecule has 17 heavy (non-hydrogen) atoms. The number of carbonyl (C=O) groups excluding carboxylic acids is 1. The van der Waals surface area contributed by atoms with Crippen molar-refractivity contribution in [2.24, 2.45) is 0 Å². The van der Waals surface area contributed by atoms with Gasteiger partial charge in [0.2, 0.25) is 0 Å². The molecule has 0 unspecified atom stereocenters. The number of hydrogen-bond acceptors (Lipinski definition) is 5. The number of esters is 1. The molecule has 0 aromatic heterocycles. The first kappa shape index (κ1) is 13.9. The van der Waals surface area contributed by atoms with Gasteiger partial charge in [0.1, 0.15) is 0 Å². The Morgan fingerprint density at radius 2 is 2.18 bits per heavy atom. The number of rotatable bonds is 6. The van der Waals surface area contributed by atoms with E-state index < -0.39 is 0 Å². The van der Waals surface area contributed by atoms with Crippen LogP contribution in [-0.4, -0.2) is 32.5 Å². The van der Waals surface area contributed by atoms with E-state index >= 15 is 0 Å². The number of nitrogens with two attached hydrogens (primary N) is 1. The van der Waals surface area contributed by atoms with Crippen molar-refractivity contribution in [1.29, 1.82) is 0 Å². The summed E-state index contributed by atoms with van der Waals surface area (Å²) in [5.74, 6) is 1.22. The lowest BCUT2D eigenvalue weighted by atomic mass is 10.1. The zero-order valence-electron chi connectivity index (χ0n) is 10.1. The fraction of sp³-hybridized carbons (Fsp3) is 0.417. The molecule has 94 valence electrons. The van der Waals surface area contributed by atoms with Crippen LogP contribution in [0.3, 0.4) is 0 Å². The van der Waals surface area contributed by atoms with E-state index in [0.717, 1.165) is 17.1 Å². The second-order valence-electron chi connectivity index (χ2n) is 3.42. The largest absolute Gasteiger partial charge is 0.465 e. The molecule has 0 aliphatic carbocycles. The molecule has 0 amide bonds. The fourth-order valence-electron chi connectivity index (χ4n) is 1.42. The lowest BCUT2D eigenvalue weighted by Crippen LogP contribution is -2.09. The summed E-state index contributed by atoms with van der Waals surface area (Å²) >= 11 is 1.69. The van der Waals surface area contributed by atoms with Crippen LogP contribution in [0.2, 0.25) is 0 Å². The van der Waals surface area contributed by atoms with Gasteiger partial charge in [0.05, 0.1) is 19.3 Å². The van der Waals surface area contributed by atoms with Crippen LogP contribution in [0.25, 0.3) is 0 Å². The Kier molecular flexibility index (Phi) is 5.86. The predicted octanol–water partition coefficient (Wildman–Crippen LogP) is 1.94. The van der Waals surface area contributed by atoms with Crippen LogP contribution < -0.4 is 5.73 Å². The first-order chi connectivity index (χ1) is 8.20. The van der Waals surface area contributed by atoms with Gasteiger partial charge in [-0.1, -0.05) is 12.1 Å². The second-order valence-corrected chi connectivity index (χ2v) is 4.52. The van der Waals surface area contributed by atoms with Gasteiger partial charge >= 0.3 is 5.97 Å². The maximum absolute atomic E-state index is 11.6. The molecular formula is C12H17NO3S. The second kappa shape index (κ2) is 7.19. The molecule has 4 nitrogen and oxygen atoms in total. The van der Waals surface area contributed by atoms with Crippen LogP contribution in [0.4, 0.5) is 5.69 Å². The molecule has 0 atom stereocenters. The summed E-state index contributed by atoms with van der Waals surface area (Å²) in [5, 5.41) is 0. The molecule has 1 aromatic rings. The van der Waals surface area contributed by atoms with E-state index in [1.807, 2.05) is 12.1 Å². The highest BCUT2D eigenvalue weighted by atomic mass is 32.2. The maximum atomic E-state index is 11.6. The summed E-state index contributed by atoms with van der Waals surface area (Å²) < 4.78 is 9.70. The van der Waals surface area contributed by atoms with E-state index in [9.17, 15) is 4.79 Å². The lowest BCUT2D eigenvalue weighted by Gasteiger charge is -2.10. The minimum absolute atomic E-state index is 0.384. The average molecular weight is 255 g/mol. The number of carbonyl (C=O) groups is 1. The number of thioether (sulfide) groups is 1. The quantitative estimate of drug-likeness (QED) is 0.478. The molecule has 0 saturated heterocycles. The number of anilines is 1. The number of benzene rings is 1. The molecule has 0 aliphatic heterocycles. The summed E-state index contributed by atoms with van der Waals surface area (Å²) in [4.78, 5) is 11.6. The van der Waals surface area contributed by atoms with Crippen LogP contribution in [0, 0.1) is 0 Å². The van der Waals surface area contributed by atoms with Crippen LogP contribution in [0.15, 0.2) is 18.2 Å². The standard InChI is InChI=1S/C12H17NO3S/c1-15-6-7-17-8-9-4-3-5-10(13)11(9)12(14)16-2/h3-5H,6-8,13H2,1-2H3. The van der Waals surface area contributed by atoms with E-state index in [1.54, 1.807) is 24.9 Å². The Morgan fingerprint density at radius 3 is 2.82 bits per heavy atom. The molecule has 2 N–H and O–H groups in total. The van der Waals surface area contributed by atoms with Gasteiger partial charge < -0.3 is 15.2 Å². The summed E-state index contributed by atoms with van der Waals surface area (Å²) in [6.45, 7) is 0.695. The minimum atomic E-state index is -0.384. The van der Waals surface area contributed by atoms with Crippen LogP contribution in [0.1, 0.15) is 15.9 Å². The molecule has 0 heterocycles. The van der Waals surface area contributed by atoms with Crippen molar-refractivity contribution in [2.75, 3.05) is 32.3 Å². The monoisotopic (exact) mass is 255 g/mol. The number of nitrogen functional groups attached to an aromatic ring is 1. The average Bonchev–Trinajstić information content (AvgIpc) is 2.34. The Bertz CT molecular complexity index is 382. The molecule has 0 bridgehead atoms.